The monoisotopic (exact) mass is 314 g/mol. The number of rotatable bonds is 6. The summed E-state index contributed by atoms with van der Waals surface area (Å²) < 4.78 is 2.13. The van der Waals surface area contributed by atoms with Crippen LogP contribution in [0.2, 0.25) is 0 Å². The minimum atomic E-state index is 0.317. The molecule has 0 bridgehead atoms. The van der Waals surface area contributed by atoms with E-state index in [-0.39, 0.29) is 0 Å². The van der Waals surface area contributed by atoms with Gasteiger partial charge >= 0.3 is 0 Å². The minimum absolute atomic E-state index is 0.317. The summed E-state index contributed by atoms with van der Waals surface area (Å²) in [6, 6.07) is 2.72. The van der Waals surface area contributed by atoms with Crippen molar-refractivity contribution in [3.63, 3.8) is 0 Å². The largest absolute Gasteiger partial charge is 0.269 e. The molecule has 1 unspecified atom stereocenters. The molecule has 1 aromatic heterocycles. The van der Waals surface area contributed by atoms with E-state index in [1.54, 1.807) is 0 Å². The molecule has 2 nitrogen and oxygen atoms in total. The normalized spacial score (nSPS) is 14.2. The van der Waals surface area contributed by atoms with Crippen molar-refractivity contribution in [1.29, 1.82) is 0 Å². The van der Waals surface area contributed by atoms with E-state index in [1.165, 1.54) is 5.69 Å². The van der Waals surface area contributed by atoms with E-state index in [0.29, 0.717) is 16.3 Å². The van der Waals surface area contributed by atoms with Gasteiger partial charge < -0.3 is 0 Å². The first-order valence-electron chi connectivity index (χ1n) is 7.06. The molecule has 0 fully saturated rings. The number of hydrogen-bond acceptors (Lipinski definition) is 1. The fourth-order valence-corrected chi connectivity index (χ4v) is 2.31. The van der Waals surface area contributed by atoms with Gasteiger partial charge in [0.15, 0.2) is 0 Å². The lowest BCUT2D eigenvalue weighted by atomic mass is 9.89. The van der Waals surface area contributed by atoms with Crippen LogP contribution in [0.5, 0.6) is 0 Å². The molecule has 0 aliphatic heterocycles. The van der Waals surface area contributed by atoms with Crippen molar-refractivity contribution in [3.05, 3.63) is 18.0 Å². The average molecular weight is 315 g/mol. The molecule has 0 saturated carbocycles. The second kappa shape index (κ2) is 6.74. The molecule has 1 heterocycles. The molecule has 3 heteroatoms. The zero-order chi connectivity index (χ0) is 13.8. The van der Waals surface area contributed by atoms with Crippen molar-refractivity contribution in [1.82, 2.24) is 9.78 Å². The van der Waals surface area contributed by atoms with Crippen molar-refractivity contribution in [2.24, 2.45) is 5.41 Å². The highest BCUT2D eigenvalue weighted by Crippen LogP contribution is 2.29. The second-order valence-electron chi connectivity index (χ2n) is 6.13. The average Bonchev–Trinajstić information content (AvgIpc) is 2.75. The second-order valence-corrected chi connectivity index (χ2v) is 7.23. The predicted octanol–water partition coefficient (Wildman–Crippen LogP) is 4.99. The molecular weight excluding hydrogens is 288 g/mol. The first-order chi connectivity index (χ1) is 8.38. The van der Waals surface area contributed by atoms with Gasteiger partial charge in [-0.1, -0.05) is 50.5 Å². The van der Waals surface area contributed by atoms with Crippen LogP contribution in [0.15, 0.2) is 12.3 Å². The Bertz CT molecular complexity index is 348. The van der Waals surface area contributed by atoms with Crippen LogP contribution < -0.4 is 0 Å². The van der Waals surface area contributed by atoms with Gasteiger partial charge in [-0.25, -0.2) is 0 Å². The summed E-state index contributed by atoms with van der Waals surface area (Å²) in [5, 5.41) is 4.70. The van der Waals surface area contributed by atoms with Gasteiger partial charge in [0.1, 0.15) is 0 Å². The van der Waals surface area contributed by atoms with Crippen LogP contribution >= 0.6 is 15.9 Å². The van der Waals surface area contributed by atoms with Crippen LogP contribution in [0.25, 0.3) is 0 Å². The van der Waals surface area contributed by atoms with Gasteiger partial charge in [0.25, 0.3) is 0 Å². The number of hydrogen-bond donors (Lipinski definition) is 0. The number of aryl methyl sites for hydroxylation is 1. The fourth-order valence-electron chi connectivity index (χ4n) is 2.08. The molecule has 0 N–H and O–H groups in total. The molecule has 0 saturated heterocycles. The zero-order valence-corrected chi connectivity index (χ0v) is 14.0. The van der Waals surface area contributed by atoms with Crippen LogP contribution in [-0.4, -0.2) is 14.6 Å². The van der Waals surface area contributed by atoms with Crippen molar-refractivity contribution in [2.75, 3.05) is 0 Å². The Morgan fingerprint density at radius 3 is 2.39 bits per heavy atom. The van der Waals surface area contributed by atoms with E-state index in [0.717, 1.165) is 25.7 Å². The van der Waals surface area contributed by atoms with Crippen LogP contribution in [0.1, 0.15) is 65.6 Å². The fraction of sp³-hybridized carbons (Fsp3) is 0.800. The third-order valence-corrected chi connectivity index (χ3v) is 5.41. The maximum atomic E-state index is 4.70. The summed E-state index contributed by atoms with van der Waals surface area (Å²) in [6.07, 6.45) is 6.64. The van der Waals surface area contributed by atoms with Crippen LogP contribution in [0.4, 0.5) is 0 Å². The zero-order valence-electron chi connectivity index (χ0n) is 12.4. The highest BCUT2D eigenvalue weighted by Gasteiger charge is 2.21. The van der Waals surface area contributed by atoms with Gasteiger partial charge in [-0.3, -0.25) is 4.68 Å². The summed E-state index contributed by atoms with van der Waals surface area (Å²) in [6.45, 7) is 11.3. The Balaban J connectivity index is 2.54. The standard InChI is InChI=1S/C15H27BrN2/c1-6-13(7-2)18-11-10-12(17-18)8-9-14(16)15(3,4)5/h10-11,13-14H,6-9H2,1-5H3. The lowest BCUT2D eigenvalue weighted by Crippen LogP contribution is -2.20. The Morgan fingerprint density at radius 1 is 1.28 bits per heavy atom. The Kier molecular flexibility index (Phi) is 5.90. The third kappa shape index (κ3) is 4.42. The molecule has 1 atom stereocenters. The molecule has 0 amide bonds. The minimum Gasteiger partial charge on any atom is -0.269 e. The van der Waals surface area contributed by atoms with Crippen LogP contribution in [0.3, 0.4) is 0 Å². The Hall–Kier alpha value is -0.310. The highest BCUT2D eigenvalue weighted by molar-refractivity contribution is 9.09. The lowest BCUT2D eigenvalue weighted by Gasteiger charge is -2.25. The first kappa shape index (κ1) is 15.7. The summed E-state index contributed by atoms with van der Waals surface area (Å²) in [5.74, 6) is 0. The smallest absolute Gasteiger partial charge is 0.0625 e. The van der Waals surface area contributed by atoms with E-state index in [9.17, 15) is 0 Å². The van der Waals surface area contributed by atoms with E-state index >= 15 is 0 Å². The summed E-state index contributed by atoms with van der Waals surface area (Å²) in [7, 11) is 0. The molecule has 0 aliphatic rings. The van der Waals surface area contributed by atoms with Gasteiger partial charge in [-0.05, 0) is 37.2 Å². The van der Waals surface area contributed by atoms with Crippen molar-refractivity contribution < 1.29 is 0 Å². The van der Waals surface area contributed by atoms with Gasteiger partial charge in [0.05, 0.1) is 11.7 Å². The highest BCUT2D eigenvalue weighted by atomic mass is 79.9. The number of nitrogens with zero attached hydrogens (tertiary/aromatic N) is 2. The molecule has 104 valence electrons. The van der Waals surface area contributed by atoms with E-state index in [2.05, 4.69) is 67.5 Å². The number of alkyl halides is 1. The Labute approximate surface area is 120 Å². The maximum Gasteiger partial charge on any atom is 0.0625 e. The molecule has 0 aliphatic carbocycles. The molecule has 1 rings (SSSR count). The van der Waals surface area contributed by atoms with E-state index in [1.807, 2.05) is 0 Å². The molecular formula is C15H27BrN2. The van der Waals surface area contributed by atoms with Crippen molar-refractivity contribution >= 4 is 15.9 Å². The van der Waals surface area contributed by atoms with E-state index < -0.39 is 0 Å². The maximum absolute atomic E-state index is 4.70. The SMILES string of the molecule is CCC(CC)n1ccc(CCC(Br)C(C)(C)C)n1. The topological polar surface area (TPSA) is 17.8 Å². The van der Waals surface area contributed by atoms with Gasteiger partial charge in [-0.2, -0.15) is 5.10 Å². The van der Waals surface area contributed by atoms with Crippen LogP contribution in [0, 0.1) is 5.41 Å². The summed E-state index contributed by atoms with van der Waals surface area (Å²) >= 11 is 3.78. The first-order valence-corrected chi connectivity index (χ1v) is 7.98. The number of halogens is 1. The van der Waals surface area contributed by atoms with Crippen molar-refractivity contribution in [2.45, 2.75) is 71.2 Å². The third-order valence-electron chi connectivity index (χ3n) is 3.57. The molecule has 0 spiro atoms. The predicted molar refractivity (Wildman–Crippen MR) is 82.3 cm³/mol. The quantitative estimate of drug-likeness (QED) is 0.677. The van der Waals surface area contributed by atoms with Crippen molar-refractivity contribution in [3.8, 4) is 0 Å². The van der Waals surface area contributed by atoms with Gasteiger partial charge in [-0.15, -0.1) is 0 Å². The lowest BCUT2D eigenvalue weighted by molar-refractivity contribution is 0.383. The number of aromatic nitrogens is 2. The molecule has 0 radical (unpaired) electrons. The molecule has 0 aromatic carbocycles. The van der Waals surface area contributed by atoms with E-state index in [4.69, 9.17) is 5.10 Å². The molecule has 1 aromatic rings. The Morgan fingerprint density at radius 2 is 1.89 bits per heavy atom. The molecule has 18 heavy (non-hydrogen) atoms. The summed E-state index contributed by atoms with van der Waals surface area (Å²) in [5.41, 5.74) is 1.54. The summed E-state index contributed by atoms with van der Waals surface area (Å²) in [4.78, 5) is 0.545. The van der Waals surface area contributed by atoms with Gasteiger partial charge in [0, 0.05) is 11.0 Å². The van der Waals surface area contributed by atoms with Gasteiger partial charge in [0.2, 0.25) is 0 Å². The van der Waals surface area contributed by atoms with Crippen LogP contribution in [-0.2, 0) is 6.42 Å².